The molecule has 0 spiro atoms. The van der Waals surface area contributed by atoms with E-state index in [1.807, 2.05) is 13.0 Å². The molecular formula is C15H11NO2. The summed E-state index contributed by atoms with van der Waals surface area (Å²) in [5.74, 6) is -0.286. The zero-order valence-corrected chi connectivity index (χ0v) is 9.86. The highest BCUT2D eigenvalue weighted by Crippen LogP contribution is 2.31. The van der Waals surface area contributed by atoms with Gasteiger partial charge in [0, 0.05) is 22.4 Å². The number of carbonyl (C=O) groups is 2. The molecule has 3 heteroatoms. The second-order valence-electron chi connectivity index (χ2n) is 4.43. The Balaban J connectivity index is 2.40. The molecule has 0 unspecified atom stereocenters. The fourth-order valence-corrected chi connectivity index (χ4v) is 2.44. The van der Waals surface area contributed by atoms with Crippen LogP contribution < -0.4 is 5.73 Å². The van der Waals surface area contributed by atoms with Gasteiger partial charge in [-0.2, -0.15) is 0 Å². The van der Waals surface area contributed by atoms with Crippen molar-refractivity contribution >= 4 is 17.3 Å². The smallest absolute Gasteiger partial charge is 0.196 e. The molecule has 1 aliphatic rings. The number of hydrogen-bond donors (Lipinski definition) is 1. The molecule has 2 N–H and O–H groups in total. The number of nitrogen functional groups attached to an aromatic ring is 1. The number of hydrogen-bond acceptors (Lipinski definition) is 3. The molecule has 0 aromatic heterocycles. The SMILES string of the molecule is Cc1cccc2c1C(=O)c1c(N)cccc1C2=O. The second-order valence-corrected chi connectivity index (χ2v) is 4.43. The molecule has 0 atom stereocenters. The Labute approximate surface area is 104 Å². The molecule has 88 valence electrons. The minimum atomic E-state index is -0.157. The molecule has 0 aliphatic heterocycles. The van der Waals surface area contributed by atoms with Gasteiger partial charge in [-0.25, -0.2) is 0 Å². The summed E-state index contributed by atoms with van der Waals surface area (Å²) in [6, 6.07) is 10.3. The van der Waals surface area contributed by atoms with E-state index in [1.54, 1.807) is 30.3 Å². The van der Waals surface area contributed by atoms with E-state index in [0.717, 1.165) is 5.56 Å². The summed E-state index contributed by atoms with van der Waals surface area (Å²) in [6.07, 6.45) is 0. The summed E-state index contributed by atoms with van der Waals surface area (Å²) in [5, 5.41) is 0. The van der Waals surface area contributed by atoms with Crippen molar-refractivity contribution < 1.29 is 9.59 Å². The summed E-state index contributed by atoms with van der Waals surface area (Å²) in [6.45, 7) is 1.83. The number of nitrogens with two attached hydrogens (primary N) is 1. The van der Waals surface area contributed by atoms with Crippen LogP contribution in [0.3, 0.4) is 0 Å². The molecule has 0 radical (unpaired) electrons. The Morgan fingerprint density at radius 1 is 0.833 bits per heavy atom. The minimum absolute atomic E-state index is 0.129. The lowest BCUT2D eigenvalue weighted by molar-refractivity contribution is 0.0979. The summed E-state index contributed by atoms with van der Waals surface area (Å²) in [4.78, 5) is 24.8. The normalized spacial score (nSPS) is 13.2. The minimum Gasteiger partial charge on any atom is -0.398 e. The molecule has 18 heavy (non-hydrogen) atoms. The fraction of sp³-hybridized carbons (Fsp3) is 0.0667. The Morgan fingerprint density at radius 3 is 2.17 bits per heavy atom. The Hall–Kier alpha value is -2.42. The summed E-state index contributed by atoms with van der Waals surface area (Å²) < 4.78 is 0. The van der Waals surface area contributed by atoms with E-state index in [0.29, 0.717) is 27.9 Å². The van der Waals surface area contributed by atoms with Crippen LogP contribution in [0.25, 0.3) is 0 Å². The topological polar surface area (TPSA) is 60.2 Å². The first-order valence-electron chi connectivity index (χ1n) is 5.68. The van der Waals surface area contributed by atoms with Crippen molar-refractivity contribution in [3.63, 3.8) is 0 Å². The van der Waals surface area contributed by atoms with Gasteiger partial charge in [-0.3, -0.25) is 9.59 Å². The van der Waals surface area contributed by atoms with Gasteiger partial charge in [-0.1, -0.05) is 30.3 Å². The van der Waals surface area contributed by atoms with E-state index in [-0.39, 0.29) is 11.6 Å². The zero-order valence-electron chi connectivity index (χ0n) is 9.86. The first-order valence-corrected chi connectivity index (χ1v) is 5.68. The second kappa shape index (κ2) is 3.53. The van der Waals surface area contributed by atoms with Gasteiger partial charge in [-0.15, -0.1) is 0 Å². The van der Waals surface area contributed by atoms with Gasteiger partial charge in [0.2, 0.25) is 0 Å². The summed E-state index contributed by atoms with van der Waals surface area (Å²) in [7, 11) is 0. The van der Waals surface area contributed by atoms with Crippen molar-refractivity contribution in [2.24, 2.45) is 0 Å². The molecule has 2 aromatic rings. The van der Waals surface area contributed by atoms with Gasteiger partial charge in [-0.05, 0) is 18.6 Å². The van der Waals surface area contributed by atoms with Gasteiger partial charge >= 0.3 is 0 Å². The third kappa shape index (κ3) is 1.24. The Kier molecular flexibility index (Phi) is 2.10. The lowest BCUT2D eigenvalue weighted by atomic mass is 9.81. The number of fused-ring (bicyclic) bond motifs is 2. The number of ketones is 2. The van der Waals surface area contributed by atoms with E-state index >= 15 is 0 Å². The monoisotopic (exact) mass is 237 g/mol. The molecule has 0 fully saturated rings. The summed E-state index contributed by atoms with van der Waals surface area (Å²) in [5.41, 5.74) is 8.68. The van der Waals surface area contributed by atoms with E-state index in [1.165, 1.54) is 0 Å². The predicted molar refractivity (Wildman–Crippen MR) is 68.9 cm³/mol. The predicted octanol–water partition coefficient (Wildman–Crippen LogP) is 2.35. The number of anilines is 1. The average molecular weight is 237 g/mol. The molecule has 2 aromatic carbocycles. The third-order valence-electron chi connectivity index (χ3n) is 3.31. The molecule has 0 bridgehead atoms. The van der Waals surface area contributed by atoms with Crippen molar-refractivity contribution in [2.45, 2.75) is 6.92 Å². The Bertz CT molecular complexity index is 644. The fourth-order valence-electron chi connectivity index (χ4n) is 2.44. The van der Waals surface area contributed by atoms with Crippen LogP contribution in [-0.2, 0) is 0 Å². The van der Waals surface area contributed by atoms with Gasteiger partial charge < -0.3 is 5.73 Å². The van der Waals surface area contributed by atoms with Crippen molar-refractivity contribution in [1.29, 1.82) is 0 Å². The van der Waals surface area contributed by atoms with Crippen LogP contribution in [-0.4, -0.2) is 11.6 Å². The first-order chi connectivity index (χ1) is 8.61. The largest absolute Gasteiger partial charge is 0.398 e. The van der Waals surface area contributed by atoms with E-state index < -0.39 is 0 Å². The molecule has 3 rings (SSSR count). The quantitative estimate of drug-likeness (QED) is 0.610. The van der Waals surface area contributed by atoms with Gasteiger partial charge in [0.05, 0.1) is 5.56 Å². The van der Waals surface area contributed by atoms with Crippen molar-refractivity contribution in [3.8, 4) is 0 Å². The van der Waals surface area contributed by atoms with Crippen LogP contribution in [0.5, 0.6) is 0 Å². The highest BCUT2D eigenvalue weighted by molar-refractivity contribution is 6.30. The van der Waals surface area contributed by atoms with Crippen LogP contribution in [0.2, 0.25) is 0 Å². The van der Waals surface area contributed by atoms with Crippen molar-refractivity contribution in [3.05, 3.63) is 64.2 Å². The van der Waals surface area contributed by atoms with Crippen molar-refractivity contribution in [1.82, 2.24) is 0 Å². The van der Waals surface area contributed by atoms with Crippen LogP contribution in [0.1, 0.15) is 37.4 Å². The number of aryl methyl sites for hydroxylation is 1. The van der Waals surface area contributed by atoms with E-state index in [9.17, 15) is 9.59 Å². The molecule has 0 heterocycles. The number of carbonyl (C=O) groups excluding carboxylic acids is 2. The van der Waals surface area contributed by atoms with Crippen LogP contribution >= 0.6 is 0 Å². The third-order valence-corrected chi connectivity index (χ3v) is 3.31. The zero-order chi connectivity index (χ0) is 12.9. The Morgan fingerprint density at radius 2 is 1.44 bits per heavy atom. The molecular weight excluding hydrogens is 226 g/mol. The summed E-state index contributed by atoms with van der Waals surface area (Å²) >= 11 is 0. The molecule has 1 aliphatic carbocycles. The van der Waals surface area contributed by atoms with E-state index in [2.05, 4.69) is 0 Å². The lowest BCUT2D eigenvalue weighted by Gasteiger charge is -2.20. The molecule has 3 nitrogen and oxygen atoms in total. The van der Waals surface area contributed by atoms with Gasteiger partial charge in [0.1, 0.15) is 0 Å². The van der Waals surface area contributed by atoms with E-state index in [4.69, 9.17) is 5.73 Å². The standard InChI is InChI=1S/C15H11NO2/c1-8-4-2-5-9-12(8)15(18)13-10(14(9)17)6-3-7-11(13)16/h2-7H,16H2,1H3. The number of benzene rings is 2. The molecule has 0 saturated carbocycles. The van der Waals surface area contributed by atoms with Crippen LogP contribution in [0.15, 0.2) is 36.4 Å². The maximum Gasteiger partial charge on any atom is 0.196 e. The number of rotatable bonds is 0. The average Bonchev–Trinajstić information content (AvgIpc) is 2.35. The maximum atomic E-state index is 12.5. The highest BCUT2D eigenvalue weighted by atomic mass is 16.1. The maximum absolute atomic E-state index is 12.5. The van der Waals surface area contributed by atoms with Crippen LogP contribution in [0.4, 0.5) is 5.69 Å². The van der Waals surface area contributed by atoms with Gasteiger partial charge in [0.25, 0.3) is 0 Å². The van der Waals surface area contributed by atoms with Gasteiger partial charge in [0.15, 0.2) is 11.6 Å². The molecule has 0 saturated heterocycles. The van der Waals surface area contributed by atoms with Crippen LogP contribution in [0, 0.1) is 6.92 Å². The first kappa shape index (κ1) is 10.7. The lowest BCUT2D eigenvalue weighted by Crippen LogP contribution is -2.23. The molecule has 0 amide bonds. The van der Waals surface area contributed by atoms with Crippen molar-refractivity contribution in [2.75, 3.05) is 5.73 Å². The highest BCUT2D eigenvalue weighted by Gasteiger charge is 2.31.